The second-order valence-electron chi connectivity index (χ2n) is 8.04. The van der Waals surface area contributed by atoms with E-state index in [9.17, 15) is 9.90 Å². The zero-order chi connectivity index (χ0) is 22.0. The van der Waals surface area contributed by atoms with Crippen molar-refractivity contribution < 1.29 is 14.3 Å². The molecule has 1 fully saturated rings. The van der Waals surface area contributed by atoms with Crippen LogP contribution in [0.5, 0.6) is 11.5 Å². The number of rotatable bonds is 6. The highest BCUT2D eigenvalue weighted by Crippen LogP contribution is 2.37. The number of aryl methyl sites for hydroxylation is 1. The van der Waals surface area contributed by atoms with Gasteiger partial charge in [-0.05, 0) is 38.2 Å². The van der Waals surface area contributed by atoms with Crippen molar-refractivity contribution in [3.8, 4) is 11.5 Å². The van der Waals surface area contributed by atoms with E-state index in [1.54, 1.807) is 30.1 Å². The first-order valence-corrected chi connectivity index (χ1v) is 10.5. The number of para-hydroxylation sites is 1. The van der Waals surface area contributed by atoms with Crippen molar-refractivity contribution in [2.24, 2.45) is 0 Å². The number of aromatic hydroxyl groups is 1. The van der Waals surface area contributed by atoms with Crippen molar-refractivity contribution in [2.45, 2.75) is 19.5 Å². The van der Waals surface area contributed by atoms with E-state index < -0.39 is 6.04 Å². The first kappa shape index (κ1) is 21.2. The number of furan rings is 1. The minimum atomic E-state index is -0.416. The molecule has 0 spiro atoms. The van der Waals surface area contributed by atoms with Crippen molar-refractivity contribution in [2.75, 3.05) is 40.3 Å². The molecule has 3 heterocycles. The highest BCUT2D eigenvalue weighted by molar-refractivity contribution is 5.46. The number of benzene rings is 1. The lowest BCUT2D eigenvalue weighted by molar-refractivity contribution is 0.124. The van der Waals surface area contributed by atoms with Gasteiger partial charge in [0.15, 0.2) is 0 Å². The summed E-state index contributed by atoms with van der Waals surface area (Å²) in [7, 11) is 3.72. The Morgan fingerprint density at radius 3 is 2.55 bits per heavy atom. The summed E-state index contributed by atoms with van der Waals surface area (Å²) in [6.45, 7) is 5.47. The van der Waals surface area contributed by atoms with E-state index >= 15 is 0 Å². The largest absolute Gasteiger partial charge is 0.507 e. The minimum Gasteiger partial charge on any atom is -0.507 e. The Morgan fingerprint density at radius 2 is 1.87 bits per heavy atom. The van der Waals surface area contributed by atoms with E-state index in [4.69, 9.17) is 9.15 Å². The maximum absolute atomic E-state index is 13.7. The number of aromatic nitrogens is 1. The summed E-state index contributed by atoms with van der Waals surface area (Å²) in [4.78, 5) is 18.3. The SMILES string of the molecule is COc1ccccc1[C@@H](c1c(O)cc(C)n(Cc2ccco2)c1=O)N1CCN(C)CC1. The third-order valence-corrected chi connectivity index (χ3v) is 6.03. The van der Waals surface area contributed by atoms with Crippen LogP contribution in [0.25, 0.3) is 0 Å². The lowest BCUT2D eigenvalue weighted by Crippen LogP contribution is -2.47. The number of piperazine rings is 1. The van der Waals surface area contributed by atoms with Crippen molar-refractivity contribution in [1.29, 1.82) is 0 Å². The van der Waals surface area contributed by atoms with Crippen LogP contribution >= 0.6 is 0 Å². The zero-order valence-electron chi connectivity index (χ0n) is 18.2. The molecule has 164 valence electrons. The standard InChI is InChI=1S/C24H29N3O4/c1-17-15-20(28)22(24(29)27(17)16-18-7-6-14-31-18)23(26-12-10-25(2)11-13-26)19-8-4-5-9-21(19)30-3/h4-9,14-15,23,28H,10-13,16H2,1-3H3/t23-/m0/s1. The number of nitrogens with zero attached hydrogens (tertiary/aromatic N) is 3. The maximum atomic E-state index is 13.7. The molecule has 31 heavy (non-hydrogen) atoms. The van der Waals surface area contributed by atoms with Crippen LogP contribution in [-0.4, -0.2) is 59.8 Å². The van der Waals surface area contributed by atoms with Crippen molar-refractivity contribution in [3.05, 3.63) is 81.7 Å². The van der Waals surface area contributed by atoms with Gasteiger partial charge in [0.05, 0.1) is 31.5 Å². The van der Waals surface area contributed by atoms with Crippen LogP contribution in [0.3, 0.4) is 0 Å². The van der Waals surface area contributed by atoms with Gasteiger partial charge in [0.25, 0.3) is 5.56 Å². The molecule has 7 nitrogen and oxygen atoms in total. The second-order valence-corrected chi connectivity index (χ2v) is 8.04. The van der Waals surface area contributed by atoms with Gasteiger partial charge >= 0.3 is 0 Å². The van der Waals surface area contributed by atoms with Crippen LogP contribution in [0, 0.1) is 6.92 Å². The lowest BCUT2D eigenvalue weighted by Gasteiger charge is -2.38. The zero-order valence-corrected chi connectivity index (χ0v) is 18.2. The fourth-order valence-corrected chi connectivity index (χ4v) is 4.29. The second kappa shape index (κ2) is 8.99. The molecule has 1 saturated heterocycles. The molecule has 0 saturated carbocycles. The van der Waals surface area contributed by atoms with Gasteiger partial charge < -0.3 is 23.7 Å². The number of pyridine rings is 1. The molecule has 1 aliphatic rings. The Morgan fingerprint density at radius 1 is 1.13 bits per heavy atom. The molecule has 0 bridgehead atoms. The fourth-order valence-electron chi connectivity index (χ4n) is 4.29. The average Bonchev–Trinajstić information content (AvgIpc) is 3.28. The third-order valence-electron chi connectivity index (χ3n) is 6.03. The molecule has 1 N–H and O–H groups in total. The summed E-state index contributed by atoms with van der Waals surface area (Å²) in [6.07, 6.45) is 1.60. The Labute approximate surface area is 182 Å². The van der Waals surface area contributed by atoms with Crippen LogP contribution in [0.2, 0.25) is 0 Å². The van der Waals surface area contributed by atoms with Gasteiger partial charge in [0, 0.05) is 37.4 Å². The Bertz CT molecular complexity index is 1080. The molecule has 1 atom stereocenters. The first-order chi connectivity index (χ1) is 15.0. The number of ether oxygens (including phenoxy) is 1. The van der Waals surface area contributed by atoms with Crippen molar-refractivity contribution >= 4 is 0 Å². The molecular formula is C24H29N3O4. The summed E-state index contributed by atoms with van der Waals surface area (Å²) in [5, 5.41) is 11.0. The van der Waals surface area contributed by atoms with Gasteiger partial charge in [0.2, 0.25) is 0 Å². The van der Waals surface area contributed by atoms with Crippen molar-refractivity contribution in [3.63, 3.8) is 0 Å². The highest BCUT2D eigenvalue weighted by Gasteiger charge is 2.32. The molecule has 2 aromatic heterocycles. The van der Waals surface area contributed by atoms with Crippen LogP contribution in [0.1, 0.15) is 28.6 Å². The van der Waals surface area contributed by atoms with E-state index in [0.717, 1.165) is 31.7 Å². The molecule has 1 aliphatic heterocycles. The molecule has 0 unspecified atom stereocenters. The summed E-state index contributed by atoms with van der Waals surface area (Å²) in [5.41, 5.74) is 1.70. The van der Waals surface area contributed by atoms with E-state index in [2.05, 4.69) is 16.8 Å². The Kier molecular flexibility index (Phi) is 6.15. The number of likely N-dealkylation sites (N-methyl/N-ethyl adjacent to an activating group) is 1. The topological polar surface area (TPSA) is 71.1 Å². The molecule has 1 aromatic carbocycles. The molecule has 7 heteroatoms. The number of methoxy groups -OCH3 is 1. The van der Waals surface area contributed by atoms with Crippen molar-refractivity contribution in [1.82, 2.24) is 14.4 Å². The van der Waals surface area contributed by atoms with Crippen LogP contribution in [0.15, 0.2) is 57.9 Å². The smallest absolute Gasteiger partial charge is 0.260 e. The Balaban J connectivity index is 1.87. The van der Waals surface area contributed by atoms with Gasteiger partial charge in [-0.3, -0.25) is 9.69 Å². The van der Waals surface area contributed by atoms with Crippen LogP contribution < -0.4 is 10.3 Å². The van der Waals surface area contributed by atoms with E-state index in [-0.39, 0.29) is 11.3 Å². The predicted octanol–water partition coefficient (Wildman–Crippen LogP) is 2.85. The molecule has 0 aliphatic carbocycles. The first-order valence-electron chi connectivity index (χ1n) is 10.5. The molecule has 0 radical (unpaired) electrons. The number of hydrogen-bond donors (Lipinski definition) is 1. The third kappa shape index (κ3) is 4.24. The number of hydrogen-bond acceptors (Lipinski definition) is 6. The lowest BCUT2D eigenvalue weighted by atomic mass is 9.95. The highest BCUT2D eigenvalue weighted by atomic mass is 16.5. The molecule has 4 rings (SSSR count). The average molecular weight is 424 g/mol. The summed E-state index contributed by atoms with van der Waals surface area (Å²) in [5.74, 6) is 1.40. The molecular weight excluding hydrogens is 394 g/mol. The Hall–Kier alpha value is -3.03. The van der Waals surface area contributed by atoms with Gasteiger partial charge in [-0.2, -0.15) is 0 Å². The van der Waals surface area contributed by atoms with Gasteiger partial charge in [-0.1, -0.05) is 18.2 Å². The van der Waals surface area contributed by atoms with Crippen LogP contribution in [0.4, 0.5) is 0 Å². The van der Waals surface area contributed by atoms with Gasteiger partial charge in [-0.15, -0.1) is 0 Å². The summed E-state index contributed by atoms with van der Waals surface area (Å²) >= 11 is 0. The predicted molar refractivity (Wildman–Crippen MR) is 119 cm³/mol. The van der Waals surface area contributed by atoms with E-state index in [1.165, 1.54) is 0 Å². The van der Waals surface area contributed by atoms with E-state index in [0.29, 0.717) is 29.3 Å². The minimum absolute atomic E-state index is 0.00743. The molecule has 0 amide bonds. The van der Waals surface area contributed by atoms with Crippen LogP contribution in [-0.2, 0) is 6.54 Å². The van der Waals surface area contributed by atoms with Gasteiger partial charge in [0.1, 0.15) is 17.3 Å². The maximum Gasteiger partial charge on any atom is 0.260 e. The fraction of sp³-hybridized carbons (Fsp3) is 0.375. The quantitative estimate of drug-likeness (QED) is 0.658. The normalized spacial score (nSPS) is 16.4. The summed E-state index contributed by atoms with van der Waals surface area (Å²) in [6, 6.07) is 12.6. The molecule has 3 aromatic rings. The summed E-state index contributed by atoms with van der Waals surface area (Å²) < 4.78 is 12.8. The van der Waals surface area contributed by atoms with Gasteiger partial charge in [-0.25, -0.2) is 0 Å². The monoisotopic (exact) mass is 423 g/mol. The van der Waals surface area contributed by atoms with E-state index in [1.807, 2.05) is 37.3 Å².